The summed E-state index contributed by atoms with van der Waals surface area (Å²) in [6.45, 7) is 10.5. The van der Waals surface area contributed by atoms with Gasteiger partial charge in [0.05, 0.1) is 11.3 Å². The molecule has 1 saturated heterocycles. The lowest BCUT2D eigenvalue weighted by Gasteiger charge is -2.36. The van der Waals surface area contributed by atoms with Gasteiger partial charge in [0.2, 0.25) is 5.95 Å². The van der Waals surface area contributed by atoms with Crippen LogP contribution in [0, 0.1) is 5.82 Å². The molecule has 36 heavy (non-hydrogen) atoms. The third kappa shape index (κ3) is 6.67. The first-order valence-corrected chi connectivity index (χ1v) is 15.8. The number of anilines is 2. The van der Waals surface area contributed by atoms with E-state index in [9.17, 15) is 17.6 Å². The van der Waals surface area contributed by atoms with E-state index >= 15 is 0 Å². The highest BCUT2D eigenvalue weighted by Crippen LogP contribution is 2.33. The lowest BCUT2D eigenvalue weighted by atomic mass is 10.1. The van der Waals surface area contributed by atoms with Crippen LogP contribution in [0.15, 0.2) is 54.7 Å². The maximum Gasteiger partial charge on any atom is 0.416 e. The van der Waals surface area contributed by atoms with Gasteiger partial charge in [-0.2, -0.15) is 13.2 Å². The summed E-state index contributed by atoms with van der Waals surface area (Å²) in [6.07, 6.45) is -2.65. The number of piperazine rings is 1. The summed E-state index contributed by atoms with van der Waals surface area (Å²) >= 11 is 0. The number of hydrogen-bond acceptors (Lipinski definition) is 4. The number of halogens is 4. The molecule has 0 spiro atoms. The Morgan fingerprint density at radius 2 is 1.61 bits per heavy atom. The lowest BCUT2D eigenvalue weighted by molar-refractivity contribution is -0.137. The molecule has 0 saturated carbocycles. The summed E-state index contributed by atoms with van der Waals surface area (Å²) in [6, 6.07) is 12.7. The zero-order valence-electron chi connectivity index (χ0n) is 20.9. The highest BCUT2D eigenvalue weighted by atomic mass is 28.3. The molecule has 10 heteroatoms. The van der Waals surface area contributed by atoms with Gasteiger partial charge in [-0.25, -0.2) is 9.37 Å². The molecule has 0 amide bonds. The normalized spacial score (nSPS) is 15.0. The van der Waals surface area contributed by atoms with E-state index in [1.54, 1.807) is 24.4 Å². The van der Waals surface area contributed by atoms with Crippen molar-refractivity contribution in [3.05, 3.63) is 66.1 Å². The molecule has 1 aliphatic heterocycles. The van der Waals surface area contributed by atoms with Crippen LogP contribution in [-0.2, 0) is 17.6 Å². The molecule has 0 atom stereocenters. The number of imidazole rings is 1. The number of benzene rings is 2. The van der Waals surface area contributed by atoms with Gasteiger partial charge in [-0.05, 0) is 42.4 Å². The van der Waals surface area contributed by atoms with Gasteiger partial charge in [-0.15, -0.1) is 0 Å². The van der Waals surface area contributed by atoms with Crippen molar-refractivity contribution in [2.75, 3.05) is 42.6 Å². The smallest absolute Gasteiger partial charge is 0.368 e. The van der Waals surface area contributed by atoms with Gasteiger partial charge in [0, 0.05) is 58.3 Å². The number of nitrogens with zero attached hydrogens (tertiary/aromatic N) is 4. The van der Waals surface area contributed by atoms with E-state index in [4.69, 9.17) is 9.72 Å². The van der Waals surface area contributed by atoms with Gasteiger partial charge in [0.1, 0.15) is 12.5 Å². The second-order valence-electron chi connectivity index (χ2n) is 10.3. The van der Waals surface area contributed by atoms with Gasteiger partial charge in [0.25, 0.3) is 0 Å². The van der Waals surface area contributed by atoms with Crippen LogP contribution >= 0.6 is 0 Å². The van der Waals surface area contributed by atoms with Crippen LogP contribution < -0.4 is 9.80 Å². The number of hydrogen-bond donors (Lipinski definition) is 0. The van der Waals surface area contributed by atoms with E-state index in [1.807, 2.05) is 4.57 Å². The van der Waals surface area contributed by atoms with Gasteiger partial charge in [-0.1, -0.05) is 31.8 Å². The molecule has 0 radical (unpaired) electrons. The Kier molecular flexibility index (Phi) is 7.75. The first-order chi connectivity index (χ1) is 17.0. The topological polar surface area (TPSA) is 33.5 Å². The zero-order chi connectivity index (χ0) is 25.9. The molecule has 1 aliphatic rings. The molecule has 0 N–H and O–H groups in total. The van der Waals surface area contributed by atoms with Gasteiger partial charge < -0.3 is 14.5 Å². The summed E-state index contributed by atoms with van der Waals surface area (Å²) < 4.78 is 61.0. The SMILES string of the molecule is C[Si](C)(C)CCOCn1cc(-c2cccc(C(F)(F)F)c2)nc1N1CCN(c2ccc(F)cc2)CC1. The number of aromatic nitrogens is 2. The molecule has 194 valence electrons. The second-order valence-corrected chi connectivity index (χ2v) is 15.9. The molecule has 0 unspecified atom stereocenters. The van der Waals surface area contributed by atoms with Crippen molar-refractivity contribution in [3.63, 3.8) is 0 Å². The average Bonchev–Trinajstić information content (AvgIpc) is 3.26. The van der Waals surface area contributed by atoms with Crippen LogP contribution in [0.5, 0.6) is 0 Å². The van der Waals surface area contributed by atoms with E-state index in [0.29, 0.717) is 50.0 Å². The first kappa shape index (κ1) is 26.2. The van der Waals surface area contributed by atoms with Crippen molar-refractivity contribution in [1.29, 1.82) is 0 Å². The van der Waals surface area contributed by atoms with E-state index in [0.717, 1.165) is 23.9 Å². The van der Waals surface area contributed by atoms with Crippen LogP contribution in [0.3, 0.4) is 0 Å². The maximum atomic E-state index is 13.3. The molecule has 4 rings (SSSR count). The van der Waals surface area contributed by atoms with Crippen molar-refractivity contribution in [2.24, 2.45) is 0 Å². The largest absolute Gasteiger partial charge is 0.416 e. The summed E-state index contributed by atoms with van der Waals surface area (Å²) in [4.78, 5) is 9.05. The highest BCUT2D eigenvalue weighted by molar-refractivity contribution is 6.76. The standard InChI is InChI=1S/C26H32F4N4OSi/c1-36(2,3)16-15-35-19-34-18-24(20-5-4-6-21(17-20)26(28,29)30)31-25(34)33-13-11-32(12-14-33)23-9-7-22(27)8-10-23/h4-10,17-18H,11-16,19H2,1-3H3. The van der Waals surface area contributed by atoms with E-state index < -0.39 is 19.8 Å². The predicted molar refractivity (Wildman–Crippen MR) is 138 cm³/mol. The van der Waals surface area contributed by atoms with Crippen molar-refractivity contribution in [3.8, 4) is 11.3 Å². The van der Waals surface area contributed by atoms with Crippen molar-refractivity contribution < 1.29 is 22.3 Å². The monoisotopic (exact) mass is 520 g/mol. The molecule has 0 bridgehead atoms. The van der Waals surface area contributed by atoms with Crippen molar-refractivity contribution in [1.82, 2.24) is 9.55 Å². The van der Waals surface area contributed by atoms with Crippen LogP contribution in [-0.4, -0.2) is 50.4 Å². The minimum absolute atomic E-state index is 0.268. The fourth-order valence-corrected chi connectivity index (χ4v) is 4.86. The summed E-state index contributed by atoms with van der Waals surface area (Å²) in [5.41, 5.74) is 1.15. The highest BCUT2D eigenvalue weighted by Gasteiger charge is 2.31. The minimum Gasteiger partial charge on any atom is -0.368 e. The van der Waals surface area contributed by atoms with Crippen molar-refractivity contribution >= 4 is 19.7 Å². The Balaban J connectivity index is 1.54. The van der Waals surface area contributed by atoms with E-state index in [1.165, 1.54) is 18.2 Å². The number of ether oxygens (including phenoxy) is 1. The van der Waals surface area contributed by atoms with Gasteiger partial charge in [0.15, 0.2) is 0 Å². The Morgan fingerprint density at radius 1 is 0.944 bits per heavy atom. The van der Waals surface area contributed by atoms with Crippen molar-refractivity contribution in [2.45, 2.75) is 38.6 Å². The summed E-state index contributed by atoms with van der Waals surface area (Å²) in [5, 5.41) is 0. The molecule has 1 fully saturated rings. The Hall–Kier alpha value is -2.85. The molecule has 0 aliphatic carbocycles. The van der Waals surface area contributed by atoms with Crippen LogP contribution in [0.25, 0.3) is 11.3 Å². The molecular weight excluding hydrogens is 488 g/mol. The second kappa shape index (κ2) is 10.6. The summed E-state index contributed by atoms with van der Waals surface area (Å²) in [7, 11) is -1.25. The third-order valence-corrected chi connectivity index (χ3v) is 7.93. The Morgan fingerprint density at radius 3 is 2.25 bits per heavy atom. The van der Waals surface area contributed by atoms with Crippen LogP contribution in [0.1, 0.15) is 5.56 Å². The number of rotatable bonds is 8. The third-order valence-electron chi connectivity index (χ3n) is 6.22. The first-order valence-electron chi connectivity index (χ1n) is 12.1. The quantitative estimate of drug-likeness (QED) is 0.197. The molecule has 3 aromatic rings. The Bertz CT molecular complexity index is 1150. The van der Waals surface area contributed by atoms with Gasteiger partial charge in [-0.3, -0.25) is 4.57 Å². The maximum absolute atomic E-state index is 13.3. The molecule has 2 heterocycles. The molecule has 2 aromatic carbocycles. The average molecular weight is 521 g/mol. The molecular formula is C26H32F4N4OSi. The van der Waals surface area contributed by atoms with E-state index in [2.05, 4.69) is 29.4 Å². The van der Waals surface area contributed by atoms with E-state index in [-0.39, 0.29) is 12.5 Å². The molecule has 5 nitrogen and oxygen atoms in total. The van der Waals surface area contributed by atoms with Crippen LogP contribution in [0.2, 0.25) is 25.7 Å². The summed E-state index contributed by atoms with van der Waals surface area (Å²) in [5.74, 6) is 0.407. The van der Waals surface area contributed by atoms with Gasteiger partial charge >= 0.3 is 6.18 Å². The zero-order valence-corrected chi connectivity index (χ0v) is 21.9. The lowest BCUT2D eigenvalue weighted by Crippen LogP contribution is -2.47. The Labute approximate surface area is 210 Å². The fraction of sp³-hybridized carbons (Fsp3) is 0.423. The minimum atomic E-state index is -4.42. The van der Waals surface area contributed by atoms with Crippen LogP contribution in [0.4, 0.5) is 29.2 Å². The number of alkyl halides is 3. The predicted octanol–water partition coefficient (Wildman–Crippen LogP) is 6.35. The molecule has 1 aromatic heterocycles. The fourth-order valence-electron chi connectivity index (χ4n) is 4.11.